The second-order valence-corrected chi connectivity index (χ2v) is 11.0. The van der Waals surface area contributed by atoms with Crippen molar-refractivity contribution in [3.05, 3.63) is 66.4 Å². The molecule has 3 heterocycles. The molecule has 5 rings (SSSR count). The van der Waals surface area contributed by atoms with Crippen molar-refractivity contribution in [1.29, 1.82) is 0 Å². The van der Waals surface area contributed by atoms with Gasteiger partial charge in [-0.05, 0) is 67.3 Å². The molecule has 0 aliphatic carbocycles. The highest BCUT2D eigenvalue weighted by Gasteiger charge is 2.24. The number of pyridine rings is 1. The summed E-state index contributed by atoms with van der Waals surface area (Å²) in [6.45, 7) is 4.73. The normalized spacial score (nSPS) is 11.8. The molecule has 214 valence electrons. The standard InChI is InChI=1S/C28H32N8O4S/c1-2-36-26-22(39-17-7-6-15-31-16-14-19-10-12-21(13-11-19)41(30,37)38)18-32-23(20-8-4-3-5-9-20)24(26)33-28(36)25-27(29)35-40-34-25/h3-5,8-13,18,31H,2,6-7,14-17H2,1H3,(H2,29,35)(H2,30,37,38). The molecule has 0 saturated carbocycles. The van der Waals surface area contributed by atoms with E-state index in [9.17, 15) is 8.42 Å². The fraction of sp³-hybridized carbons (Fsp3) is 0.286. The molecule has 0 aliphatic rings. The fourth-order valence-electron chi connectivity index (χ4n) is 4.60. The Kier molecular flexibility index (Phi) is 8.57. The minimum Gasteiger partial charge on any atom is -0.490 e. The van der Waals surface area contributed by atoms with Crippen LogP contribution in [0.1, 0.15) is 25.3 Å². The topological polar surface area (TPSA) is 177 Å². The lowest BCUT2D eigenvalue weighted by Gasteiger charge is -2.12. The molecule has 0 fully saturated rings. The summed E-state index contributed by atoms with van der Waals surface area (Å²) in [4.78, 5) is 9.71. The van der Waals surface area contributed by atoms with Gasteiger partial charge in [0.05, 0.1) is 23.4 Å². The van der Waals surface area contributed by atoms with Gasteiger partial charge in [-0.2, -0.15) is 0 Å². The first-order valence-corrected chi connectivity index (χ1v) is 14.9. The van der Waals surface area contributed by atoms with Gasteiger partial charge in [0.2, 0.25) is 10.0 Å². The maximum absolute atomic E-state index is 11.4. The van der Waals surface area contributed by atoms with E-state index in [4.69, 9.17) is 30.2 Å². The fourth-order valence-corrected chi connectivity index (χ4v) is 5.12. The van der Waals surface area contributed by atoms with E-state index >= 15 is 0 Å². The van der Waals surface area contributed by atoms with Crippen LogP contribution in [0.15, 0.2) is 70.3 Å². The molecule has 13 heteroatoms. The highest BCUT2D eigenvalue weighted by atomic mass is 32.2. The number of hydrogen-bond acceptors (Lipinski definition) is 10. The Bertz CT molecular complexity index is 1720. The number of primary sulfonamides is 1. The van der Waals surface area contributed by atoms with Crippen LogP contribution in [0.3, 0.4) is 0 Å². The Labute approximate surface area is 237 Å². The van der Waals surface area contributed by atoms with Gasteiger partial charge < -0.3 is 20.4 Å². The van der Waals surface area contributed by atoms with Crippen molar-refractivity contribution in [1.82, 2.24) is 30.2 Å². The number of sulfonamides is 1. The molecular weight excluding hydrogens is 544 g/mol. The third kappa shape index (κ3) is 6.37. The maximum Gasteiger partial charge on any atom is 0.238 e. The van der Waals surface area contributed by atoms with Gasteiger partial charge in [-0.25, -0.2) is 28.2 Å². The smallest absolute Gasteiger partial charge is 0.238 e. The zero-order valence-electron chi connectivity index (χ0n) is 22.7. The number of nitrogen functional groups attached to an aromatic ring is 1. The second-order valence-electron chi connectivity index (χ2n) is 9.46. The van der Waals surface area contributed by atoms with Gasteiger partial charge in [-0.1, -0.05) is 42.5 Å². The summed E-state index contributed by atoms with van der Waals surface area (Å²) in [7, 11) is -3.67. The first kappa shape index (κ1) is 28.2. The summed E-state index contributed by atoms with van der Waals surface area (Å²) in [5.74, 6) is 1.34. The zero-order valence-corrected chi connectivity index (χ0v) is 23.5. The zero-order chi connectivity index (χ0) is 28.8. The van der Waals surface area contributed by atoms with E-state index in [1.807, 2.05) is 41.8 Å². The SMILES string of the molecule is CCn1c(-c2nonc2N)nc2c(-c3ccccc3)ncc(OCCCCNCCc3ccc(S(N)(=O)=O)cc3)c21. The average molecular weight is 577 g/mol. The third-order valence-electron chi connectivity index (χ3n) is 6.67. The van der Waals surface area contributed by atoms with Crippen molar-refractivity contribution in [2.75, 3.05) is 25.4 Å². The van der Waals surface area contributed by atoms with Gasteiger partial charge in [0.1, 0.15) is 11.0 Å². The molecule has 0 aliphatic heterocycles. The number of rotatable bonds is 13. The number of imidazole rings is 1. The highest BCUT2D eigenvalue weighted by molar-refractivity contribution is 7.89. The van der Waals surface area contributed by atoms with E-state index < -0.39 is 10.0 Å². The summed E-state index contributed by atoms with van der Waals surface area (Å²) >= 11 is 0. The molecule has 0 unspecified atom stereocenters. The molecule has 41 heavy (non-hydrogen) atoms. The minimum absolute atomic E-state index is 0.119. The number of nitrogens with zero attached hydrogens (tertiary/aromatic N) is 5. The predicted octanol–water partition coefficient (Wildman–Crippen LogP) is 3.39. The van der Waals surface area contributed by atoms with Crippen molar-refractivity contribution >= 4 is 26.9 Å². The Morgan fingerprint density at radius 2 is 1.78 bits per heavy atom. The van der Waals surface area contributed by atoms with Crippen LogP contribution < -0.4 is 20.9 Å². The van der Waals surface area contributed by atoms with Crippen LogP contribution in [0.4, 0.5) is 5.82 Å². The van der Waals surface area contributed by atoms with Crippen LogP contribution >= 0.6 is 0 Å². The number of benzene rings is 2. The van der Waals surface area contributed by atoms with Crippen LogP contribution in [0.25, 0.3) is 33.8 Å². The second kappa shape index (κ2) is 12.5. The van der Waals surface area contributed by atoms with Crippen molar-refractivity contribution in [3.8, 4) is 28.5 Å². The number of ether oxygens (including phenoxy) is 1. The Balaban J connectivity index is 1.22. The molecule has 0 spiro atoms. The molecule has 5 aromatic rings. The van der Waals surface area contributed by atoms with Gasteiger partial charge in [0, 0.05) is 12.1 Å². The summed E-state index contributed by atoms with van der Waals surface area (Å²) in [5.41, 5.74) is 10.6. The maximum atomic E-state index is 11.4. The van der Waals surface area contributed by atoms with Crippen molar-refractivity contribution in [3.63, 3.8) is 0 Å². The molecule has 3 aromatic heterocycles. The van der Waals surface area contributed by atoms with Gasteiger partial charge in [0.15, 0.2) is 23.1 Å². The number of hydrogen-bond donors (Lipinski definition) is 3. The number of nitrogens with two attached hydrogens (primary N) is 2. The van der Waals surface area contributed by atoms with Gasteiger partial charge in [-0.15, -0.1) is 0 Å². The lowest BCUT2D eigenvalue weighted by Crippen LogP contribution is -2.19. The van der Waals surface area contributed by atoms with E-state index in [1.54, 1.807) is 18.3 Å². The molecule has 2 aromatic carbocycles. The van der Waals surface area contributed by atoms with Gasteiger partial charge >= 0.3 is 0 Å². The molecule has 0 amide bonds. The minimum atomic E-state index is -3.67. The van der Waals surface area contributed by atoms with Gasteiger partial charge in [-0.3, -0.25) is 0 Å². The summed E-state index contributed by atoms with van der Waals surface area (Å²) in [6.07, 6.45) is 4.29. The largest absolute Gasteiger partial charge is 0.490 e. The monoisotopic (exact) mass is 576 g/mol. The quantitative estimate of drug-likeness (QED) is 0.176. The number of nitrogens with one attached hydrogen (secondary N) is 1. The van der Waals surface area contributed by atoms with Crippen LogP contribution in [-0.4, -0.2) is 53.0 Å². The molecule has 0 atom stereocenters. The van der Waals surface area contributed by atoms with Crippen molar-refractivity contribution in [2.45, 2.75) is 37.6 Å². The molecule has 0 bridgehead atoms. The number of aryl methyl sites for hydroxylation is 1. The van der Waals surface area contributed by atoms with Crippen molar-refractivity contribution in [2.24, 2.45) is 5.14 Å². The summed E-state index contributed by atoms with van der Waals surface area (Å²) in [5, 5.41) is 16.3. The number of anilines is 1. The Morgan fingerprint density at radius 1 is 1.00 bits per heavy atom. The predicted molar refractivity (Wildman–Crippen MR) is 155 cm³/mol. The summed E-state index contributed by atoms with van der Waals surface area (Å²) < 4.78 is 35.8. The van der Waals surface area contributed by atoms with E-state index in [2.05, 4.69) is 15.6 Å². The van der Waals surface area contributed by atoms with E-state index in [1.165, 1.54) is 12.1 Å². The first-order valence-electron chi connectivity index (χ1n) is 13.3. The van der Waals surface area contributed by atoms with Crippen LogP contribution in [0.5, 0.6) is 5.75 Å². The van der Waals surface area contributed by atoms with Crippen LogP contribution in [0, 0.1) is 0 Å². The van der Waals surface area contributed by atoms with Crippen molar-refractivity contribution < 1.29 is 17.8 Å². The van der Waals surface area contributed by atoms with Gasteiger partial charge in [0.25, 0.3) is 0 Å². The third-order valence-corrected chi connectivity index (χ3v) is 7.60. The Morgan fingerprint density at radius 3 is 2.46 bits per heavy atom. The van der Waals surface area contributed by atoms with E-state index in [-0.39, 0.29) is 10.7 Å². The van der Waals surface area contributed by atoms with Crippen LogP contribution in [-0.2, 0) is 23.0 Å². The lowest BCUT2D eigenvalue weighted by atomic mass is 10.1. The number of unbranched alkanes of at least 4 members (excludes halogenated alkanes) is 1. The highest BCUT2D eigenvalue weighted by Crippen LogP contribution is 2.36. The number of fused-ring (bicyclic) bond motifs is 1. The lowest BCUT2D eigenvalue weighted by molar-refractivity contribution is 0.307. The molecule has 12 nitrogen and oxygen atoms in total. The molecule has 0 saturated heterocycles. The molecule has 0 radical (unpaired) electrons. The van der Waals surface area contributed by atoms with Crippen LogP contribution in [0.2, 0.25) is 0 Å². The average Bonchev–Trinajstić information content (AvgIpc) is 3.57. The summed E-state index contributed by atoms with van der Waals surface area (Å²) in [6, 6.07) is 16.5. The van der Waals surface area contributed by atoms with E-state index in [0.717, 1.165) is 54.7 Å². The molecular formula is C28H32N8O4S. The number of aromatic nitrogens is 5. The Hall–Kier alpha value is -4.33. The molecule has 5 N–H and O–H groups in total. The van der Waals surface area contributed by atoms with E-state index in [0.29, 0.717) is 35.9 Å². The first-order chi connectivity index (χ1) is 19.9.